The van der Waals surface area contributed by atoms with Crippen LogP contribution in [0.15, 0.2) is 53.4 Å². The first-order chi connectivity index (χ1) is 9.91. The van der Waals surface area contributed by atoms with E-state index in [1.165, 1.54) is 0 Å². The summed E-state index contributed by atoms with van der Waals surface area (Å²) in [6.07, 6.45) is 0. The van der Waals surface area contributed by atoms with Gasteiger partial charge in [-0.15, -0.1) is 0 Å². The molecule has 110 valence electrons. The van der Waals surface area contributed by atoms with Crippen LogP contribution in [0.3, 0.4) is 0 Å². The topological polar surface area (TPSA) is 60.2 Å². The number of nitrogens with two attached hydrogens (primary N) is 1. The normalized spacial score (nSPS) is 24.8. The van der Waals surface area contributed by atoms with E-state index in [2.05, 4.69) is 0 Å². The van der Waals surface area contributed by atoms with E-state index in [-0.39, 0.29) is 12.0 Å². The minimum Gasteiger partial charge on any atom is -0.326 e. The highest BCUT2D eigenvalue weighted by Gasteiger charge is 2.57. The van der Waals surface area contributed by atoms with Gasteiger partial charge in [-0.2, -0.15) is 0 Å². The highest BCUT2D eigenvalue weighted by atomic mass is 35.5. The molecule has 3 rings (SSSR count). The van der Waals surface area contributed by atoms with Gasteiger partial charge in [-0.25, -0.2) is 8.42 Å². The molecule has 2 aromatic rings. The summed E-state index contributed by atoms with van der Waals surface area (Å²) in [6, 6.07) is 13.8. The van der Waals surface area contributed by atoms with Crippen LogP contribution in [0.4, 0.5) is 0 Å². The van der Waals surface area contributed by atoms with Crippen molar-refractivity contribution in [1.82, 2.24) is 0 Å². The second-order valence-corrected chi connectivity index (χ2v) is 8.02. The Kier molecular flexibility index (Phi) is 3.56. The summed E-state index contributed by atoms with van der Waals surface area (Å²) in [6.45, 7) is 1.92. The van der Waals surface area contributed by atoms with E-state index < -0.39 is 15.1 Å². The van der Waals surface area contributed by atoms with Gasteiger partial charge in [0.05, 0.1) is 10.1 Å². The van der Waals surface area contributed by atoms with Crippen molar-refractivity contribution in [3.05, 3.63) is 64.7 Å². The van der Waals surface area contributed by atoms with Crippen LogP contribution in [0.5, 0.6) is 0 Å². The summed E-state index contributed by atoms with van der Waals surface area (Å²) >= 11 is 5.97. The standard InChI is InChI=1S/C16H16ClNO2S/c1-10-5-7-13(8-6-10)21(19,20)16-14(15(16)18)11-3-2-4-12(17)9-11/h2-9,14-16H,18H2,1H3/t14-,15+,16+/m0/s1. The lowest BCUT2D eigenvalue weighted by Gasteiger charge is -2.05. The summed E-state index contributed by atoms with van der Waals surface area (Å²) < 4.78 is 25.3. The number of halogens is 1. The van der Waals surface area contributed by atoms with Crippen molar-refractivity contribution in [3.63, 3.8) is 0 Å². The zero-order valence-corrected chi connectivity index (χ0v) is 13.1. The fourth-order valence-electron chi connectivity index (χ4n) is 2.72. The Morgan fingerprint density at radius 3 is 2.38 bits per heavy atom. The summed E-state index contributed by atoms with van der Waals surface area (Å²) in [4.78, 5) is 0.332. The van der Waals surface area contributed by atoms with E-state index in [9.17, 15) is 8.42 Å². The molecule has 5 heteroatoms. The third kappa shape index (κ3) is 2.59. The van der Waals surface area contributed by atoms with Crippen molar-refractivity contribution < 1.29 is 8.42 Å². The summed E-state index contributed by atoms with van der Waals surface area (Å²) in [5, 5.41) is 0.0248. The molecule has 3 nitrogen and oxygen atoms in total. The molecule has 0 spiro atoms. The van der Waals surface area contributed by atoms with E-state index in [0.717, 1.165) is 11.1 Å². The number of hydrogen-bond donors (Lipinski definition) is 1. The van der Waals surface area contributed by atoms with Crippen molar-refractivity contribution in [2.75, 3.05) is 0 Å². The molecule has 0 bridgehead atoms. The van der Waals surface area contributed by atoms with Gasteiger partial charge in [-0.05, 0) is 36.8 Å². The third-order valence-electron chi connectivity index (χ3n) is 3.95. The molecule has 2 aromatic carbocycles. The molecule has 1 aliphatic rings. The molecular weight excluding hydrogens is 306 g/mol. The van der Waals surface area contributed by atoms with Crippen LogP contribution in [0.1, 0.15) is 17.0 Å². The predicted octanol–water partition coefficient (Wildman–Crippen LogP) is 2.92. The fourth-order valence-corrected chi connectivity index (χ4v) is 4.96. The number of hydrogen-bond acceptors (Lipinski definition) is 3. The van der Waals surface area contributed by atoms with Crippen LogP contribution in [0.2, 0.25) is 5.02 Å². The van der Waals surface area contributed by atoms with E-state index in [1.807, 2.05) is 19.1 Å². The molecule has 0 aromatic heterocycles. The molecule has 21 heavy (non-hydrogen) atoms. The molecule has 0 saturated heterocycles. The molecule has 0 radical (unpaired) electrons. The first-order valence-corrected chi connectivity index (χ1v) is 8.65. The average Bonchev–Trinajstić information content (AvgIpc) is 3.12. The van der Waals surface area contributed by atoms with Crippen LogP contribution in [0.25, 0.3) is 0 Å². The van der Waals surface area contributed by atoms with Gasteiger partial charge < -0.3 is 5.73 Å². The van der Waals surface area contributed by atoms with Gasteiger partial charge in [-0.3, -0.25) is 0 Å². The molecule has 2 N–H and O–H groups in total. The van der Waals surface area contributed by atoms with Gasteiger partial charge in [0, 0.05) is 17.0 Å². The second-order valence-electron chi connectivity index (χ2n) is 5.48. The van der Waals surface area contributed by atoms with Crippen LogP contribution >= 0.6 is 11.6 Å². The Balaban J connectivity index is 1.93. The van der Waals surface area contributed by atoms with Gasteiger partial charge in [-0.1, -0.05) is 41.4 Å². The van der Waals surface area contributed by atoms with E-state index in [0.29, 0.717) is 9.92 Å². The maximum absolute atomic E-state index is 12.7. The fraction of sp³-hybridized carbons (Fsp3) is 0.250. The minimum absolute atomic E-state index is 0.185. The van der Waals surface area contributed by atoms with Crippen molar-refractivity contribution in [3.8, 4) is 0 Å². The molecule has 0 heterocycles. The summed E-state index contributed by atoms with van der Waals surface area (Å²) in [5.74, 6) is -0.185. The molecule has 3 atom stereocenters. The lowest BCUT2D eigenvalue weighted by atomic mass is 10.1. The molecule has 1 aliphatic carbocycles. The Morgan fingerprint density at radius 1 is 1.10 bits per heavy atom. The zero-order valence-electron chi connectivity index (χ0n) is 11.5. The van der Waals surface area contributed by atoms with Gasteiger partial charge in [0.2, 0.25) is 0 Å². The van der Waals surface area contributed by atoms with Crippen LogP contribution in [-0.2, 0) is 9.84 Å². The number of sulfone groups is 1. The smallest absolute Gasteiger partial charge is 0.183 e. The van der Waals surface area contributed by atoms with Crippen LogP contribution < -0.4 is 5.73 Å². The van der Waals surface area contributed by atoms with E-state index >= 15 is 0 Å². The Labute approximate surface area is 129 Å². The summed E-state index contributed by atoms with van der Waals surface area (Å²) in [7, 11) is -3.41. The van der Waals surface area contributed by atoms with Crippen molar-refractivity contribution in [1.29, 1.82) is 0 Å². The van der Waals surface area contributed by atoms with Gasteiger partial charge in [0.15, 0.2) is 9.84 Å². The Morgan fingerprint density at radius 2 is 1.76 bits per heavy atom. The van der Waals surface area contributed by atoms with E-state index in [1.54, 1.807) is 36.4 Å². The lowest BCUT2D eigenvalue weighted by molar-refractivity contribution is 0.593. The largest absolute Gasteiger partial charge is 0.326 e. The van der Waals surface area contributed by atoms with Crippen molar-refractivity contribution in [2.24, 2.45) is 5.73 Å². The molecule has 0 unspecified atom stereocenters. The van der Waals surface area contributed by atoms with E-state index in [4.69, 9.17) is 17.3 Å². The molecule has 0 amide bonds. The van der Waals surface area contributed by atoms with Crippen LogP contribution in [0, 0.1) is 6.92 Å². The predicted molar refractivity (Wildman–Crippen MR) is 84.3 cm³/mol. The Hall–Kier alpha value is -1.36. The quantitative estimate of drug-likeness (QED) is 0.945. The minimum atomic E-state index is -3.41. The Bertz CT molecular complexity index is 771. The highest BCUT2D eigenvalue weighted by molar-refractivity contribution is 7.92. The molecule has 1 fully saturated rings. The van der Waals surface area contributed by atoms with Crippen molar-refractivity contribution in [2.45, 2.75) is 29.0 Å². The zero-order chi connectivity index (χ0) is 15.2. The summed E-state index contributed by atoms with van der Waals surface area (Å²) in [5.41, 5.74) is 7.94. The lowest BCUT2D eigenvalue weighted by Crippen LogP contribution is -2.15. The van der Waals surface area contributed by atoms with Gasteiger partial charge in [0.1, 0.15) is 0 Å². The number of aryl methyl sites for hydroxylation is 1. The first-order valence-electron chi connectivity index (χ1n) is 6.73. The van der Waals surface area contributed by atoms with Crippen LogP contribution in [-0.4, -0.2) is 19.7 Å². The van der Waals surface area contributed by atoms with Gasteiger partial charge >= 0.3 is 0 Å². The maximum atomic E-state index is 12.7. The molecule has 0 aliphatic heterocycles. The SMILES string of the molecule is Cc1ccc(S(=O)(=O)[C@H]2[C@H](N)[C@@H]2c2cccc(Cl)c2)cc1. The number of benzene rings is 2. The second kappa shape index (κ2) is 5.13. The number of rotatable bonds is 3. The van der Waals surface area contributed by atoms with Crippen molar-refractivity contribution >= 4 is 21.4 Å². The third-order valence-corrected chi connectivity index (χ3v) is 6.44. The van der Waals surface area contributed by atoms with Gasteiger partial charge in [0.25, 0.3) is 0 Å². The molecular formula is C16H16ClNO2S. The molecule has 1 saturated carbocycles. The maximum Gasteiger partial charge on any atom is 0.183 e. The monoisotopic (exact) mass is 321 g/mol. The average molecular weight is 322 g/mol. The first kappa shape index (κ1) is 14.6. The highest BCUT2D eigenvalue weighted by Crippen LogP contribution is 2.47.